The molecule has 3 aromatic rings. The van der Waals surface area contributed by atoms with Gasteiger partial charge in [-0.3, -0.25) is 5.43 Å². The minimum atomic E-state index is -4.52. The molecule has 5 N–H and O–H groups in total. The van der Waals surface area contributed by atoms with Gasteiger partial charge in [-0.05, 0) is 36.4 Å². The number of nitrogen functional groups attached to an aromatic ring is 1. The molecule has 0 aliphatic heterocycles. The Morgan fingerprint density at radius 2 is 1.67 bits per heavy atom. The van der Waals surface area contributed by atoms with Gasteiger partial charge in [-0.2, -0.15) is 13.2 Å². The summed E-state index contributed by atoms with van der Waals surface area (Å²) in [6, 6.07) is 9.93. The Morgan fingerprint density at radius 1 is 1.00 bits per heavy atom. The average molecular weight is 412 g/mol. The summed E-state index contributed by atoms with van der Waals surface area (Å²) in [6.07, 6.45) is -1.59. The first-order chi connectivity index (χ1) is 14.2. The minimum Gasteiger partial charge on any atom is -0.368 e. The maximum absolute atomic E-state index is 12.9. The van der Waals surface area contributed by atoms with Crippen molar-refractivity contribution in [1.29, 1.82) is 0 Å². The highest BCUT2D eigenvalue weighted by Gasteiger charge is 2.30. The molecule has 1 heterocycles. The molecular formula is C20H15F3N6O. The molecule has 30 heavy (non-hydrogen) atoms. The number of anilines is 3. The molecule has 10 heteroatoms. The maximum Gasteiger partial charge on any atom is 0.416 e. The van der Waals surface area contributed by atoms with Crippen LogP contribution in [0, 0.1) is 11.8 Å². The van der Waals surface area contributed by atoms with E-state index in [9.17, 15) is 18.0 Å². The molecular weight excluding hydrogens is 397 g/mol. The van der Waals surface area contributed by atoms with Gasteiger partial charge in [0.2, 0.25) is 5.95 Å². The lowest BCUT2D eigenvalue weighted by Gasteiger charge is -2.23. The van der Waals surface area contributed by atoms with Crippen molar-refractivity contribution in [2.45, 2.75) is 6.18 Å². The van der Waals surface area contributed by atoms with Crippen LogP contribution in [0.1, 0.15) is 16.7 Å². The molecule has 0 aliphatic rings. The third-order valence-electron chi connectivity index (χ3n) is 3.78. The normalized spacial score (nSPS) is 10.6. The largest absolute Gasteiger partial charge is 0.416 e. The number of halogens is 3. The minimum absolute atomic E-state index is 0.0409. The van der Waals surface area contributed by atoms with Crippen molar-refractivity contribution < 1.29 is 18.0 Å². The summed E-state index contributed by atoms with van der Waals surface area (Å²) in [4.78, 5) is 19.6. The van der Waals surface area contributed by atoms with E-state index in [2.05, 4.69) is 27.2 Å². The van der Waals surface area contributed by atoms with Crippen LogP contribution in [0.3, 0.4) is 0 Å². The molecule has 0 atom stereocenters. The van der Waals surface area contributed by atoms with E-state index in [-0.39, 0.29) is 11.6 Å². The van der Waals surface area contributed by atoms with Crippen LogP contribution in [0.4, 0.5) is 35.3 Å². The van der Waals surface area contributed by atoms with Crippen molar-refractivity contribution >= 4 is 23.4 Å². The highest BCUT2D eigenvalue weighted by molar-refractivity contribution is 5.93. The van der Waals surface area contributed by atoms with Gasteiger partial charge in [-0.25, -0.2) is 19.8 Å². The Labute approximate surface area is 169 Å². The Kier molecular flexibility index (Phi) is 5.73. The van der Waals surface area contributed by atoms with E-state index in [1.54, 1.807) is 24.3 Å². The number of primary amides is 1. The monoisotopic (exact) mass is 412 g/mol. The first kappa shape index (κ1) is 20.5. The van der Waals surface area contributed by atoms with Crippen molar-refractivity contribution in [2.24, 2.45) is 5.73 Å². The van der Waals surface area contributed by atoms with Gasteiger partial charge in [0.25, 0.3) is 0 Å². The van der Waals surface area contributed by atoms with Crippen LogP contribution >= 0.6 is 0 Å². The number of nitrogens with zero attached hydrogens (tertiary/aromatic N) is 3. The van der Waals surface area contributed by atoms with Gasteiger partial charge >= 0.3 is 12.2 Å². The number of amides is 2. The number of nitrogens with one attached hydrogen (secondary N) is 1. The fourth-order valence-electron chi connectivity index (χ4n) is 2.41. The predicted octanol–water partition coefficient (Wildman–Crippen LogP) is 3.39. The van der Waals surface area contributed by atoms with Gasteiger partial charge in [0.15, 0.2) is 0 Å². The highest BCUT2D eigenvalue weighted by atomic mass is 19.4. The lowest BCUT2D eigenvalue weighted by Crippen LogP contribution is -2.40. The summed E-state index contributed by atoms with van der Waals surface area (Å²) < 4.78 is 38.8. The number of aromatic nitrogens is 2. The molecule has 0 bridgehead atoms. The second-order valence-electron chi connectivity index (χ2n) is 5.99. The van der Waals surface area contributed by atoms with Crippen molar-refractivity contribution in [2.75, 3.05) is 16.2 Å². The number of hydrogen-bond donors (Lipinski definition) is 3. The van der Waals surface area contributed by atoms with E-state index < -0.39 is 17.8 Å². The van der Waals surface area contributed by atoms with Crippen LogP contribution in [-0.4, -0.2) is 16.0 Å². The zero-order valence-corrected chi connectivity index (χ0v) is 15.3. The first-order valence-corrected chi connectivity index (χ1v) is 8.45. The summed E-state index contributed by atoms with van der Waals surface area (Å²) in [5.41, 5.74) is 14.0. The number of urea groups is 1. The summed E-state index contributed by atoms with van der Waals surface area (Å²) in [7, 11) is 0. The molecule has 0 saturated carbocycles. The summed E-state index contributed by atoms with van der Waals surface area (Å²) in [5, 5.41) is 0.924. The van der Waals surface area contributed by atoms with Crippen LogP contribution < -0.4 is 21.9 Å². The molecule has 2 amide bonds. The first-order valence-electron chi connectivity index (χ1n) is 8.45. The quantitative estimate of drug-likeness (QED) is 0.451. The number of carbonyl (C=O) groups excluding carboxylic acids is 1. The summed E-state index contributed by atoms with van der Waals surface area (Å²) in [5.74, 6) is 5.85. The Bertz CT molecular complexity index is 1120. The fraction of sp³-hybridized carbons (Fsp3) is 0.0500. The van der Waals surface area contributed by atoms with Crippen molar-refractivity contribution in [3.8, 4) is 11.8 Å². The standard InChI is InChI=1S/C20H15F3N6O/c21-20(22,23)15-4-2-5-16(10-15)28-29(19(25)30)17-6-1-3-13(9-17)7-8-14-11-26-18(24)27-12-14/h1-6,9-12,28H,(H2,25,30)(H2,24,26,27). The van der Waals surface area contributed by atoms with Gasteiger partial charge in [0.1, 0.15) is 0 Å². The smallest absolute Gasteiger partial charge is 0.368 e. The van der Waals surface area contributed by atoms with E-state index in [0.717, 1.165) is 17.1 Å². The molecule has 7 nitrogen and oxygen atoms in total. The predicted molar refractivity (Wildman–Crippen MR) is 106 cm³/mol. The number of benzene rings is 2. The fourth-order valence-corrected chi connectivity index (χ4v) is 2.41. The van der Waals surface area contributed by atoms with Crippen LogP contribution in [0.15, 0.2) is 60.9 Å². The van der Waals surface area contributed by atoms with E-state index in [1.165, 1.54) is 24.5 Å². The van der Waals surface area contributed by atoms with E-state index in [4.69, 9.17) is 11.5 Å². The van der Waals surface area contributed by atoms with Crippen LogP contribution in [0.25, 0.3) is 0 Å². The van der Waals surface area contributed by atoms with Gasteiger partial charge in [-0.15, -0.1) is 0 Å². The Morgan fingerprint density at radius 3 is 2.33 bits per heavy atom. The number of alkyl halides is 3. The molecule has 0 unspecified atom stereocenters. The number of nitrogens with two attached hydrogens (primary N) is 2. The Hall–Kier alpha value is -4.26. The van der Waals surface area contributed by atoms with Crippen molar-refractivity contribution in [1.82, 2.24) is 9.97 Å². The van der Waals surface area contributed by atoms with E-state index in [0.29, 0.717) is 16.8 Å². The van der Waals surface area contributed by atoms with E-state index >= 15 is 0 Å². The molecule has 1 aromatic heterocycles. The molecule has 0 fully saturated rings. The topological polar surface area (TPSA) is 110 Å². The average Bonchev–Trinajstić information content (AvgIpc) is 2.71. The number of hydrogen-bond acceptors (Lipinski definition) is 5. The number of hydrazine groups is 1. The second kappa shape index (κ2) is 8.40. The van der Waals surface area contributed by atoms with E-state index in [1.807, 2.05) is 0 Å². The lowest BCUT2D eigenvalue weighted by molar-refractivity contribution is -0.137. The van der Waals surface area contributed by atoms with Crippen LogP contribution in [0.2, 0.25) is 0 Å². The van der Waals surface area contributed by atoms with Crippen LogP contribution in [0.5, 0.6) is 0 Å². The third-order valence-corrected chi connectivity index (χ3v) is 3.78. The molecule has 0 aliphatic carbocycles. The van der Waals surface area contributed by atoms with Gasteiger partial charge in [-0.1, -0.05) is 24.0 Å². The van der Waals surface area contributed by atoms with Gasteiger partial charge in [0, 0.05) is 18.0 Å². The zero-order chi connectivity index (χ0) is 21.7. The number of rotatable bonds is 3. The summed E-state index contributed by atoms with van der Waals surface area (Å²) >= 11 is 0. The molecule has 2 aromatic carbocycles. The second-order valence-corrected chi connectivity index (χ2v) is 5.99. The van der Waals surface area contributed by atoms with Crippen molar-refractivity contribution in [3.05, 3.63) is 77.6 Å². The van der Waals surface area contributed by atoms with Gasteiger partial charge in [0.05, 0.1) is 22.5 Å². The Balaban J connectivity index is 1.86. The molecule has 152 valence electrons. The molecule has 3 rings (SSSR count). The SMILES string of the molecule is NC(=O)N(Nc1cccc(C(F)(F)F)c1)c1cccc(C#Cc2cnc(N)nc2)c1. The van der Waals surface area contributed by atoms with Gasteiger partial charge < -0.3 is 11.5 Å². The zero-order valence-electron chi connectivity index (χ0n) is 15.3. The third kappa shape index (κ3) is 5.17. The number of carbonyl (C=O) groups is 1. The molecule has 0 saturated heterocycles. The highest BCUT2D eigenvalue weighted by Crippen LogP contribution is 2.31. The molecule has 0 radical (unpaired) electrons. The lowest BCUT2D eigenvalue weighted by atomic mass is 10.2. The summed E-state index contributed by atoms with van der Waals surface area (Å²) in [6.45, 7) is 0. The maximum atomic E-state index is 12.9. The van der Waals surface area contributed by atoms with Crippen LogP contribution in [-0.2, 0) is 6.18 Å². The van der Waals surface area contributed by atoms with Crippen molar-refractivity contribution in [3.63, 3.8) is 0 Å². The molecule has 0 spiro atoms.